The van der Waals surface area contributed by atoms with Gasteiger partial charge < -0.3 is 28.4 Å². The number of amides is 1. The number of Topliss-reactive ketones (excluding diaryl/α,β-unsaturated/α-hetero) is 2. The molecule has 4 heterocycles. The molecule has 0 radical (unpaired) electrons. The number of carbonyl (C=O) groups is 4. The van der Waals surface area contributed by atoms with E-state index in [4.69, 9.17) is 18.9 Å². The van der Waals surface area contributed by atoms with Crippen molar-refractivity contribution in [2.24, 2.45) is 0 Å². The quantitative estimate of drug-likeness (QED) is 0.160. The summed E-state index contributed by atoms with van der Waals surface area (Å²) in [5.41, 5.74) is -0.663. The maximum Gasteiger partial charge on any atom is 0.511 e. The molecule has 46 heavy (non-hydrogen) atoms. The van der Waals surface area contributed by atoms with Gasteiger partial charge in [-0.3, -0.25) is 24.2 Å². The largest absolute Gasteiger partial charge is 0.511 e. The van der Waals surface area contributed by atoms with Crippen molar-refractivity contribution in [1.82, 2.24) is 14.5 Å². The highest BCUT2D eigenvalue weighted by Crippen LogP contribution is 2.30. The van der Waals surface area contributed by atoms with E-state index in [0.717, 1.165) is 6.07 Å². The number of aromatic nitrogens is 2. The lowest BCUT2D eigenvalue weighted by atomic mass is 10.0. The Morgan fingerprint density at radius 1 is 1.07 bits per heavy atom. The van der Waals surface area contributed by atoms with E-state index in [1.807, 2.05) is 0 Å². The summed E-state index contributed by atoms with van der Waals surface area (Å²) in [6.07, 6.45) is 0.951. The number of aryl methyl sites for hydroxylation is 2. The van der Waals surface area contributed by atoms with Gasteiger partial charge >= 0.3 is 6.16 Å². The second-order valence-corrected chi connectivity index (χ2v) is 10.5. The van der Waals surface area contributed by atoms with E-state index >= 15 is 0 Å². The van der Waals surface area contributed by atoms with Crippen molar-refractivity contribution in [2.45, 2.75) is 51.4 Å². The monoisotopic (exact) mass is 661 g/mol. The van der Waals surface area contributed by atoms with E-state index in [1.54, 1.807) is 31.3 Å². The molecule has 12 nitrogen and oxygen atoms in total. The van der Waals surface area contributed by atoms with Crippen LogP contribution in [0.4, 0.5) is 13.6 Å². The van der Waals surface area contributed by atoms with Crippen LogP contribution in [-0.2, 0) is 38.4 Å². The molecule has 1 aromatic carbocycles. The molecule has 2 atom stereocenters. The van der Waals surface area contributed by atoms with Gasteiger partial charge in [0, 0.05) is 37.0 Å². The number of pyridine rings is 2. The van der Waals surface area contributed by atoms with Crippen molar-refractivity contribution in [3.8, 4) is 5.75 Å². The van der Waals surface area contributed by atoms with E-state index in [-0.39, 0.29) is 73.5 Å². The fourth-order valence-corrected chi connectivity index (χ4v) is 5.10. The number of halogens is 3. The molecule has 5 rings (SSSR count). The van der Waals surface area contributed by atoms with Crippen molar-refractivity contribution in [3.05, 3.63) is 93.2 Å². The third-order valence-corrected chi connectivity index (χ3v) is 7.40. The van der Waals surface area contributed by atoms with Crippen LogP contribution in [0.2, 0.25) is 0 Å². The second kappa shape index (κ2) is 15.1. The van der Waals surface area contributed by atoms with Gasteiger partial charge in [-0.15, -0.1) is 12.4 Å². The smallest absolute Gasteiger partial charge is 0.451 e. The Hall–Kier alpha value is -4.69. The lowest BCUT2D eigenvalue weighted by Gasteiger charge is -2.34. The summed E-state index contributed by atoms with van der Waals surface area (Å²) in [6.45, 7) is 0.684. The number of hydrogen-bond donors (Lipinski definition) is 0. The number of benzene rings is 1. The molecular formula is C31H30ClF2N3O9. The van der Waals surface area contributed by atoms with Gasteiger partial charge in [0.25, 0.3) is 5.91 Å². The molecule has 244 valence electrons. The predicted molar refractivity (Wildman–Crippen MR) is 158 cm³/mol. The lowest BCUT2D eigenvalue weighted by molar-refractivity contribution is -0.123. The Kier molecular flexibility index (Phi) is 11.2. The van der Waals surface area contributed by atoms with E-state index in [1.165, 1.54) is 21.7 Å². The molecule has 0 unspecified atom stereocenters. The zero-order valence-electron chi connectivity index (χ0n) is 24.6. The van der Waals surface area contributed by atoms with Crippen LogP contribution in [0.25, 0.3) is 0 Å². The molecule has 2 aromatic heterocycles. The van der Waals surface area contributed by atoms with Crippen LogP contribution in [0, 0.1) is 11.6 Å². The van der Waals surface area contributed by atoms with Crippen LogP contribution in [0.15, 0.2) is 53.6 Å². The topological polar surface area (TPSA) is 143 Å². The minimum absolute atomic E-state index is 0. The van der Waals surface area contributed by atoms with Crippen LogP contribution in [0.1, 0.15) is 51.9 Å². The standard InChI is InChI=1S/C31H29F2N3O9.ClH/c1-18-15-42-26-14-35-13-23(25(38)10-6-19-5-7-20(32)12-24(19)33)28(39)29(27(35)30(40)36(18)26)44-17-45-31(41)43-16-22(37)9-8-21-4-2-3-11-34-21;/h2-5,7,11-13,18,26H,6,8-10,14-17H2,1H3;1H/t18-,26+;/m0./s1. The number of ether oxygens (including phenoxy) is 4. The predicted octanol–water partition coefficient (Wildman–Crippen LogP) is 3.65. The first-order valence-electron chi connectivity index (χ1n) is 14.1. The highest BCUT2D eigenvalue weighted by atomic mass is 35.5. The summed E-state index contributed by atoms with van der Waals surface area (Å²) in [6, 6.07) is 7.97. The zero-order chi connectivity index (χ0) is 32.1. The van der Waals surface area contributed by atoms with Gasteiger partial charge in [0.1, 0.15) is 11.6 Å². The summed E-state index contributed by atoms with van der Waals surface area (Å²) < 4.78 is 49.6. The van der Waals surface area contributed by atoms with Crippen LogP contribution >= 0.6 is 12.4 Å². The van der Waals surface area contributed by atoms with Gasteiger partial charge in [-0.05, 0) is 43.5 Å². The average molecular weight is 662 g/mol. The van der Waals surface area contributed by atoms with E-state index in [0.29, 0.717) is 18.2 Å². The summed E-state index contributed by atoms with van der Waals surface area (Å²) in [4.78, 5) is 69.9. The summed E-state index contributed by atoms with van der Waals surface area (Å²) in [5.74, 6) is -3.76. The Morgan fingerprint density at radius 3 is 2.61 bits per heavy atom. The summed E-state index contributed by atoms with van der Waals surface area (Å²) >= 11 is 0. The average Bonchev–Trinajstić information content (AvgIpc) is 3.40. The molecule has 2 aliphatic rings. The molecular weight excluding hydrogens is 632 g/mol. The van der Waals surface area contributed by atoms with Crippen LogP contribution in [0.5, 0.6) is 5.75 Å². The third-order valence-electron chi connectivity index (χ3n) is 7.40. The maximum atomic E-state index is 14.1. The first-order chi connectivity index (χ1) is 21.6. The van der Waals surface area contributed by atoms with Gasteiger partial charge in [-0.1, -0.05) is 12.1 Å². The number of nitrogens with zero attached hydrogens (tertiary/aromatic N) is 3. The molecule has 0 N–H and O–H groups in total. The first kappa shape index (κ1) is 34.2. The van der Waals surface area contributed by atoms with Crippen molar-refractivity contribution in [2.75, 3.05) is 20.0 Å². The molecule has 15 heteroatoms. The highest BCUT2D eigenvalue weighted by Gasteiger charge is 2.43. The van der Waals surface area contributed by atoms with Crippen LogP contribution < -0.4 is 10.2 Å². The third kappa shape index (κ3) is 7.74. The Bertz CT molecular complexity index is 1690. The number of carbonyl (C=O) groups excluding carboxylic acids is 4. The van der Waals surface area contributed by atoms with Crippen LogP contribution in [0.3, 0.4) is 0 Å². The van der Waals surface area contributed by atoms with E-state index in [9.17, 15) is 32.8 Å². The molecule has 2 aliphatic heterocycles. The van der Waals surface area contributed by atoms with Gasteiger partial charge in [0.2, 0.25) is 18.0 Å². The van der Waals surface area contributed by atoms with Gasteiger partial charge in [0.05, 0.1) is 24.8 Å². The maximum absolute atomic E-state index is 14.1. The number of rotatable bonds is 12. The zero-order valence-corrected chi connectivity index (χ0v) is 25.4. The lowest BCUT2D eigenvalue weighted by Crippen LogP contribution is -2.49. The normalized spacial score (nSPS) is 16.6. The number of hydrogen-bond acceptors (Lipinski definition) is 10. The molecule has 1 saturated heterocycles. The summed E-state index contributed by atoms with van der Waals surface area (Å²) in [7, 11) is 0. The second-order valence-electron chi connectivity index (χ2n) is 10.5. The fourth-order valence-electron chi connectivity index (χ4n) is 5.10. The van der Waals surface area contributed by atoms with Crippen molar-refractivity contribution in [3.63, 3.8) is 0 Å². The summed E-state index contributed by atoms with van der Waals surface area (Å²) in [5, 5.41) is 0. The highest BCUT2D eigenvalue weighted by molar-refractivity contribution is 6.00. The number of ketones is 2. The molecule has 1 fully saturated rings. The van der Waals surface area contributed by atoms with E-state index < -0.39 is 60.3 Å². The SMILES string of the molecule is C[C@H]1CO[C@@H]2Cn3cc(C(=O)CCc4ccc(F)cc4F)c(=O)c(OCOC(=O)OCC(=O)CCc4ccccn4)c3C(=O)N12.Cl. The minimum atomic E-state index is -1.25. The molecule has 0 bridgehead atoms. The molecule has 3 aromatic rings. The molecule has 0 spiro atoms. The van der Waals surface area contributed by atoms with Crippen molar-refractivity contribution < 1.29 is 46.9 Å². The van der Waals surface area contributed by atoms with Gasteiger partial charge in [-0.25, -0.2) is 13.6 Å². The fraction of sp³-hybridized carbons (Fsp3) is 0.355. The van der Waals surface area contributed by atoms with Crippen LogP contribution in [-0.4, -0.2) is 70.4 Å². The Labute approximate surface area is 267 Å². The molecule has 0 aliphatic carbocycles. The number of fused-ring (bicyclic) bond motifs is 2. The molecule has 1 amide bonds. The minimum Gasteiger partial charge on any atom is -0.451 e. The Morgan fingerprint density at radius 2 is 1.87 bits per heavy atom. The van der Waals surface area contributed by atoms with Crippen molar-refractivity contribution in [1.29, 1.82) is 0 Å². The van der Waals surface area contributed by atoms with Gasteiger partial charge in [-0.2, -0.15) is 0 Å². The van der Waals surface area contributed by atoms with Crippen molar-refractivity contribution >= 4 is 36.0 Å². The first-order valence-corrected chi connectivity index (χ1v) is 14.1. The Balaban J connectivity index is 0.00000480. The van der Waals surface area contributed by atoms with E-state index in [2.05, 4.69) is 4.98 Å². The molecule has 0 saturated carbocycles. The van der Waals surface area contributed by atoms with Gasteiger partial charge in [0.15, 0.2) is 30.1 Å².